The average molecular weight is 394 g/mol. The summed E-state index contributed by atoms with van der Waals surface area (Å²) in [5.41, 5.74) is 0.533. The molecule has 4 rings (SSSR count). The Balaban J connectivity index is 1.41. The smallest absolute Gasteiger partial charge is 0.253 e. The topological polar surface area (TPSA) is 89.1 Å². The lowest BCUT2D eigenvalue weighted by Crippen LogP contribution is -2.30. The second kappa shape index (κ2) is 8.57. The van der Waals surface area contributed by atoms with E-state index in [-0.39, 0.29) is 11.9 Å². The first-order valence-electron chi connectivity index (χ1n) is 10.1. The third-order valence-electron chi connectivity index (χ3n) is 5.25. The van der Waals surface area contributed by atoms with Crippen molar-refractivity contribution in [3.8, 4) is 0 Å². The summed E-state index contributed by atoms with van der Waals surface area (Å²) in [5, 5.41) is 11.7. The number of furan rings is 1. The standard InChI is InChI=1S/C21H26N6O2/c1-3-17-6-7-18(29-17)14-26-10-8-19-24-25-20(27(19)12-11-26)15(2)23-21(28)16-5-4-9-22-13-16/h4-7,9,13,15H,3,8,10-12,14H2,1-2H3,(H,23,28). The summed E-state index contributed by atoms with van der Waals surface area (Å²) in [6, 6.07) is 7.36. The van der Waals surface area contributed by atoms with Gasteiger partial charge in [0.15, 0.2) is 5.82 Å². The summed E-state index contributed by atoms with van der Waals surface area (Å²) in [4.78, 5) is 18.8. The predicted molar refractivity (Wildman–Crippen MR) is 107 cm³/mol. The van der Waals surface area contributed by atoms with Crippen LogP contribution in [0.1, 0.15) is 53.4 Å². The summed E-state index contributed by atoms with van der Waals surface area (Å²) in [6.07, 6.45) is 4.93. The van der Waals surface area contributed by atoms with Crippen molar-refractivity contribution in [3.63, 3.8) is 0 Å². The van der Waals surface area contributed by atoms with E-state index in [1.807, 2.05) is 13.0 Å². The van der Waals surface area contributed by atoms with Gasteiger partial charge in [-0.3, -0.25) is 14.7 Å². The van der Waals surface area contributed by atoms with Crippen LogP contribution in [0.15, 0.2) is 41.1 Å². The molecular formula is C21H26N6O2. The van der Waals surface area contributed by atoms with Crippen LogP contribution in [0.2, 0.25) is 0 Å². The van der Waals surface area contributed by atoms with E-state index in [0.717, 1.165) is 62.2 Å². The minimum atomic E-state index is -0.243. The zero-order valence-electron chi connectivity index (χ0n) is 16.8. The molecule has 3 aromatic rings. The Morgan fingerprint density at radius 1 is 1.21 bits per heavy atom. The number of aromatic nitrogens is 4. The first-order valence-corrected chi connectivity index (χ1v) is 10.1. The Morgan fingerprint density at radius 3 is 2.83 bits per heavy atom. The molecular weight excluding hydrogens is 368 g/mol. The van der Waals surface area contributed by atoms with Crippen LogP contribution in [0, 0.1) is 0 Å². The van der Waals surface area contributed by atoms with Gasteiger partial charge in [0.2, 0.25) is 0 Å². The third kappa shape index (κ3) is 4.37. The van der Waals surface area contributed by atoms with Crippen LogP contribution in [-0.4, -0.2) is 43.6 Å². The highest BCUT2D eigenvalue weighted by Crippen LogP contribution is 2.18. The van der Waals surface area contributed by atoms with E-state index >= 15 is 0 Å². The van der Waals surface area contributed by atoms with Crippen LogP contribution in [0.4, 0.5) is 0 Å². The van der Waals surface area contributed by atoms with Gasteiger partial charge in [0.1, 0.15) is 17.3 Å². The Labute approximate surface area is 170 Å². The number of aryl methyl sites for hydroxylation is 1. The van der Waals surface area contributed by atoms with Gasteiger partial charge in [0, 0.05) is 44.9 Å². The van der Waals surface area contributed by atoms with Crippen molar-refractivity contribution in [2.24, 2.45) is 0 Å². The Bertz CT molecular complexity index is 965. The monoisotopic (exact) mass is 394 g/mol. The zero-order chi connectivity index (χ0) is 20.2. The van der Waals surface area contributed by atoms with E-state index in [2.05, 4.69) is 43.0 Å². The number of amides is 1. The molecule has 152 valence electrons. The average Bonchev–Trinajstić information content (AvgIpc) is 3.32. The molecule has 4 heterocycles. The van der Waals surface area contributed by atoms with Gasteiger partial charge in [-0.05, 0) is 31.2 Å². The number of hydrogen-bond donors (Lipinski definition) is 1. The summed E-state index contributed by atoms with van der Waals surface area (Å²) in [6.45, 7) is 7.38. The lowest BCUT2D eigenvalue weighted by molar-refractivity contribution is 0.0937. The van der Waals surface area contributed by atoms with Crippen LogP contribution in [0.25, 0.3) is 0 Å². The van der Waals surface area contributed by atoms with Gasteiger partial charge in [-0.15, -0.1) is 10.2 Å². The third-order valence-corrected chi connectivity index (χ3v) is 5.25. The van der Waals surface area contributed by atoms with Gasteiger partial charge in [-0.2, -0.15) is 0 Å². The van der Waals surface area contributed by atoms with Crippen LogP contribution in [0.5, 0.6) is 0 Å². The first-order chi connectivity index (χ1) is 14.1. The highest BCUT2D eigenvalue weighted by molar-refractivity contribution is 5.93. The molecule has 1 aliphatic rings. The predicted octanol–water partition coefficient (Wildman–Crippen LogP) is 2.38. The van der Waals surface area contributed by atoms with Gasteiger partial charge in [-0.25, -0.2) is 0 Å². The van der Waals surface area contributed by atoms with Crippen molar-refractivity contribution >= 4 is 5.91 Å². The van der Waals surface area contributed by atoms with Gasteiger partial charge >= 0.3 is 0 Å². The van der Waals surface area contributed by atoms with Gasteiger partial charge in [0.05, 0.1) is 18.2 Å². The van der Waals surface area contributed by atoms with Crippen molar-refractivity contribution in [2.75, 3.05) is 13.1 Å². The van der Waals surface area contributed by atoms with Crippen LogP contribution < -0.4 is 5.32 Å². The zero-order valence-corrected chi connectivity index (χ0v) is 16.8. The molecule has 8 heteroatoms. The van der Waals surface area contributed by atoms with Gasteiger partial charge in [0.25, 0.3) is 5.91 Å². The number of carbonyl (C=O) groups is 1. The lowest BCUT2D eigenvalue weighted by atomic mass is 10.2. The molecule has 1 aliphatic heterocycles. The highest BCUT2D eigenvalue weighted by atomic mass is 16.3. The van der Waals surface area contributed by atoms with Crippen LogP contribution in [0.3, 0.4) is 0 Å². The molecule has 8 nitrogen and oxygen atoms in total. The molecule has 0 spiro atoms. The van der Waals surface area contributed by atoms with Crippen molar-refractivity contribution in [2.45, 2.75) is 45.8 Å². The molecule has 0 bridgehead atoms. The molecule has 0 fully saturated rings. The maximum absolute atomic E-state index is 12.4. The number of hydrogen-bond acceptors (Lipinski definition) is 6. The van der Waals surface area contributed by atoms with E-state index in [0.29, 0.717) is 5.56 Å². The second-order valence-electron chi connectivity index (χ2n) is 7.31. The number of rotatable bonds is 6. The van der Waals surface area contributed by atoms with Gasteiger partial charge < -0.3 is 14.3 Å². The molecule has 0 saturated heterocycles. The largest absolute Gasteiger partial charge is 0.465 e. The molecule has 0 aromatic carbocycles. The maximum Gasteiger partial charge on any atom is 0.253 e. The van der Waals surface area contributed by atoms with Gasteiger partial charge in [-0.1, -0.05) is 6.92 Å². The number of pyridine rings is 1. The van der Waals surface area contributed by atoms with Crippen LogP contribution in [-0.2, 0) is 25.9 Å². The highest BCUT2D eigenvalue weighted by Gasteiger charge is 2.23. The maximum atomic E-state index is 12.4. The normalized spacial score (nSPS) is 15.5. The number of fused-ring (bicyclic) bond motifs is 1. The summed E-state index contributed by atoms with van der Waals surface area (Å²) in [5.74, 6) is 3.59. The molecule has 0 saturated carbocycles. The Morgan fingerprint density at radius 2 is 2.07 bits per heavy atom. The van der Waals surface area contributed by atoms with Crippen molar-refractivity contribution in [1.29, 1.82) is 0 Å². The number of nitrogens with zero attached hydrogens (tertiary/aromatic N) is 5. The van der Waals surface area contributed by atoms with E-state index in [9.17, 15) is 4.79 Å². The van der Waals surface area contributed by atoms with Crippen molar-refractivity contribution in [3.05, 3.63) is 65.4 Å². The van der Waals surface area contributed by atoms with E-state index in [1.165, 1.54) is 0 Å². The van der Waals surface area contributed by atoms with Crippen molar-refractivity contribution < 1.29 is 9.21 Å². The number of carbonyl (C=O) groups excluding carboxylic acids is 1. The first kappa shape index (κ1) is 19.3. The fourth-order valence-electron chi connectivity index (χ4n) is 3.63. The quantitative estimate of drug-likeness (QED) is 0.690. The second-order valence-corrected chi connectivity index (χ2v) is 7.31. The van der Waals surface area contributed by atoms with Crippen molar-refractivity contribution in [1.82, 2.24) is 30.0 Å². The Kier molecular flexibility index (Phi) is 5.71. The molecule has 1 amide bonds. The van der Waals surface area contributed by atoms with Crippen LogP contribution >= 0.6 is 0 Å². The molecule has 1 atom stereocenters. The van der Waals surface area contributed by atoms with E-state index in [1.54, 1.807) is 24.5 Å². The minimum absolute atomic E-state index is 0.164. The molecule has 1 N–H and O–H groups in total. The fraction of sp³-hybridized carbons (Fsp3) is 0.429. The lowest BCUT2D eigenvalue weighted by Gasteiger charge is -2.19. The van der Waals surface area contributed by atoms with E-state index in [4.69, 9.17) is 4.42 Å². The summed E-state index contributed by atoms with van der Waals surface area (Å²) in [7, 11) is 0. The SMILES string of the molecule is CCc1ccc(CN2CCc3nnc(C(C)NC(=O)c4cccnc4)n3CC2)o1. The van der Waals surface area contributed by atoms with E-state index < -0.39 is 0 Å². The molecule has 0 aliphatic carbocycles. The molecule has 0 radical (unpaired) electrons. The Hall–Kier alpha value is -3.00. The number of nitrogens with one attached hydrogen (secondary N) is 1. The summed E-state index contributed by atoms with van der Waals surface area (Å²) >= 11 is 0. The molecule has 3 aromatic heterocycles. The molecule has 1 unspecified atom stereocenters. The fourth-order valence-corrected chi connectivity index (χ4v) is 3.63. The summed E-state index contributed by atoms with van der Waals surface area (Å²) < 4.78 is 7.99. The minimum Gasteiger partial charge on any atom is -0.465 e. The molecule has 29 heavy (non-hydrogen) atoms.